The van der Waals surface area contributed by atoms with Gasteiger partial charge in [-0.1, -0.05) is 18.2 Å². The summed E-state index contributed by atoms with van der Waals surface area (Å²) in [5.41, 5.74) is -0.0393. The number of hydrogen-bond acceptors (Lipinski definition) is 1. The molecule has 68 valence electrons. The van der Waals surface area contributed by atoms with E-state index in [0.717, 1.165) is 12.8 Å². The molecule has 0 amide bonds. The maximum Gasteiger partial charge on any atom is 0.208 e. The Morgan fingerprint density at radius 1 is 1.38 bits per heavy atom. The molecule has 1 aromatic carbocycles. The Kier molecular flexibility index (Phi) is 1.99. The van der Waals surface area contributed by atoms with Gasteiger partial charge in [-0.2, -0.15) is 0 Å². The lowest BCUT2D eigenvalue weighted by Crippen LogP contribution is -2.16. The highest BCUT2D eigenvalue weighted by Gasteiger charge is 2.51. The summed E-state index contributed by atoms with van der Waals surface area (Å²) in [6.07, 6.45) is 1.50. The fourth-order valence-electron chi connectivity index (χ4n) is 1.55. The lowest BCUT2D eigenvalue weighted by atomic mass is 9.97. The van der Waals surface area contributed by atoms with Crippen molar-refractivity contribution in [1.29, 1.82) is 0 Å². The van der Waals surface area contributed by atoms with E-state index >= 15 is 0 Å². The molecule has 1 aliphatic carbocycles. The van der Waals surface area contributed by atoms with Crippen molar-refractivity contribution in [2.75, 3.05) is 0 Å². The predicted molar refractivity (Wildman–Crippen MR) is 51.2 cm³/mol. The van der Waals surface area contributed by atoms with Crippen LogP contribution in [0, 0.1) is 5.82 Å². The minimum Gasteiger partial charge on any atom is -0.286 e. The van der Waals surface area contributed by atoms with Crippen molar-refractivity contribution >= 4 is 20.6 Å². The smallest absolute Gasteiger partial charge is 0.208 e. The minimum absolute atomic E-state index is 0.106. The van der Waals surface area contributed by atoms with Crippen LogP contribution in [0.5, 0.6) is 0 Å². The predicted octanol–water partition coefficient (Wildman–Crippen LogP) is 2.78. The average Bonchev–Trinajstić information content (AvgIpc) is 2.85. The second-order valence-corrected chi connectivity index (χ2v) is 4.06. The molecule has 0 radical (unpaired) electrons. The van der Waals surface area contributed by atoms with Crippen LogP contribution in [0.3, 0.4) is 0 Å². The molecule has 1 saturated carbocycles. The highest BCUT2D eigenvalue weighted by molar-refractivity contribution is 9.18. The van der Waals surface area contributed by atoms with Gasteiger partial charge in [-0.25, -0.2) is 4.39 Å². The van der Waals surface area contributed by atoms with Gasteiger partial charge in [0.05, 0.1) is 5.41 Å². The van der Waals surface area contributed by atoms with Crippen molar-refractivity contribution in [1.82, 2.24) is 0 Å². The van der Waals surface area contributed by atoms with Gasteiger partial charge in [0.25, 0.3) is 0 Å². The van der Waals surface area contributed by atoms with Gasteiger partial charge >= 0.3 is 0 Å². The lowest BCUT2D eigenvalue weighted by Gasteiger charge is -2.10. The maximum absolute atomic E-state index is 13.3. The van der Waals surface area contributed by atoms with Crippen LogP contribution >= 0.6 is 15.9 Å². The number of halogens is 2. The third-order valence-corrected chi connectivity index (χ3v) is 3.27. The number of carbonyl (C=O) groups excluding carboxylic acids is 1. The summed E-state index contributed by atoms with van der Waals surface area (Å²) in [7, 11) is 0. The Morgan fingerprint density at radius 2 is 2.00 bits per heavy atom. The molecule has 0 atom stereocenters. The van der Waals surface area contributed by atoms with E-state index in [1.54, 1.807) is 18.2 Å². The fourth-order valence-corrected chi connectivity index (χ4v) is 2.16. The van der Waals surface area contributed by atoms with Crippen molar-refractivity contribution < 1.29 is 9.18 Å². The van der Waals surface area contributed by atoms with Crippen molar-refractivity contribution in [3.8, 4) is 0 Å². The summed E-state index contributed by atoms with van der Waals surface area (Å²) >= 11 is 2.92. The molecule has 0 N–H and O–H groups in total. The van der Waals surface area contributed by atoms with Gasteiger partial charge < -0.3 is 0 Å². The van der Waals surface area contributed by atoms with Crippen molar-refractivity contribution in [3.05, 3.63) is 35.6 Å². The molecule has 0 bridgehead atoms. The Hall–Kier alpha value is -0.700. The monoisotopic (exact) mass is 242 g/mol. The maximum atomic E-state index is 13.3. The second-order valence-electron chi connectivity index (χ2n) is 3.34. The Bertz CT molecular complexity index is 358. The summed E-state index contributed by atoms with van der Waals surface area (Å²) in [4.78, 5) is 11.2. The molecule has 1 fully saturated rings. The molecule has 2 rings (SSSR count). The number of rotatable bonds is 2. The molecule has 1 aromatic rings. The molecule has 3 heteroatoms. The van der Waals surface area contributed by atoms with Crippen LogP contribution in [-0.2, 0) is 10.2 Å². The summed E-state index contributed by atoms with van der Waals surface area (Å²) in [6, 6.07) is 6.47. The standard InChI is InChI=1S/C10H8BrFO/c11-9(13)10(5-6-10)7-3-1-2-4-8(7)12/h1-4H,5-6H2. The van der Waals surface area contributed by atoms with E-state index in [1.807, 2.05) is 0 Å². The first-order chi connectivity index (χ1) is 6.17. The van der Waals surface area contributed by atoms with Gasteiger partial charge in [0, 0.05) is 5.56 Å². The van der Waals surface area contributed by atoms with Gasteiger partial charge in [0.15, 0.2) is 0 Å². The Labute approximate surface area is 84.1 Å². The molecule has 1 aliphatic rings. The van der Waals surface area contributed by atoms with Crippen LogP contribution in [0.1, 0.15) is 18.4 Å². The molecule has 0 aromatic heterocycles. The normalized spacial score (nSPS) is 18.3. The molecule has 0 unspecified atom stereocenters. The van der Waals surface area contributed by atoms with E-state index in [0.29, 0.717) is 5.56 Å². The average molecular weight is 243 g/mol. The number of carbonyl (C=O) groups is 1. The van der Waals surface area contributed by atoms with Crippen molar-refractivity contribution in [2.45, 2.75) is 18.3 Å². The zero-order valence-corrected chi connectivity index (χ0v) is 8.47. The van der Waals surface area contributed by atoms with Crippen LogP contribution < -0.4 is 0 Å². The molecule has 0 saturated heterocycles. The summed E-state index contributed by atoms with van der Waals surface area (Å²) in [5.74, 6) is -0.284. The van der Waals surface area contributed by atoms with Gasteiger partial charge in [-0.05, 0) is 34.8 Å². The van der Waals surface area contributed by atoms with Crippen molar-refractivity contribution in [2.24, 2.45) is 0 Å². The van der Waals surface area contributed by atoms with Crippen LogP contribution in [-0.4, -0.2) is 4.69 Å². The van der Waals surface area contributed by atoms with Gasteiger partial charge in [0.1, 0.15) is 5.82 Å². The highest BCUT2D eigenvalue weighted by atomic mass is 79.9. The lowest BCUT2D eigenvalue weighted by molar-refractivity contribution is -0.112. The zero-order chi connectivity index (χ0) is 9.47. The second kappa shape index (κ2) is 2.91. The van der Waals surface area contributed by atoms with Crippen LogP contribution in [0.2, 0.25) is 0 Å². The Balaban J connectivity index is 2.47. The molecule has 0 aliphatic heterocycles. The first-order valence-corrected chi connectivity index (χ1v) is 4.91. The van der Waals surface area contributed by atoms with Gasteiger partial charge in [-0.3, -0.25) is 4.79 Å². The highest BCUT2D eigenvalue weighted by Crippen LogP contribution is 2.50. The Morgan fingerprint density at radius 3 is 2.46 bits per heavy atom. The zero-order valence-electron chi connectivity index (χ0n) is 6.89. The van der Waals surface area contributed by atoms with E-state index in [4.69, 9.17) is 0 Å². The third-order valence-electron chi connectivity index (χ3n) is 2.52. The van der Waals surface area contributed by atoms with E-state index in [9.17, 15) is 9.18 Å². The molecule has 0 spiro atoms. The summed E-state index contributed by atoms with van der Waals surface area (Å²) in [6.45, 7) is 0. The minimum atomic E-state index is -0.564. The topological polar surface area (TPSA) is 17.1 Å². The van der Waals surface area contributed by atoms with Crippen LogP contribution in [0.4, 0.5) is 4.39 Å². The number of hydrogen-bond donors (Lipinski definition) is 0. The molecular formula is C10H8BrFO. The van der Waals surface area contributed by atoms with E-state index in [-0.39, 0.29) is 10.5 Å². The van der Waals surface area contributed by atoms with Crippen LogP contribution in [0.15, 0.2) is 24.3 Å². The molecule has 0 heterocycles. The molecule has 13 heavy (non-hydrogen) atoms. The van der Waals surface area contributed by atoms with Gasteiger partial charge in [0.2, 0.25) is 4.69 Å². The first-order valence-electron chi connectivity index (χ1n) is 4.12. The number of benzene rings is 1. The van der Waals surface area contributed by atoms with E-state index < -0.39 is 5.41 Å². The molecular weight excluding hydrogens is 235 g/mol. The molecule has 1 nitrogen and oxygen atoms in total. The third kappa shape index (κ3) is 1.31. The van der Waals surface area contributed by atoms with Crippen molar-refractivity contribution in [3.63, 3.8) is 0 Å². The summed E-state index contributed by atoms with van der Waals surface area (Å²) in [5, 5.41) is 0. The fraction of sp³-hybridized carbons (Fsp3) is 0.300. The summed E-state index contributed by atoms with van der Waals surface area (Å²) < 4.78 is 13.2. The first kappa shape index (κ1) is 8.88. The van der Waals surface area contributed by atoms with Crippen LogP contribution in [0.25, 0.3) is 0 Å². The van der Waals surface area contributed by atoms with E-state index in [1.165, 1.54) is 6.07 Å². The quantitative estimate of drug-likeness (QED) is 0.730. The van der Waals surface area contributed by atoms with Gasteiger partial charge in [-0.15, -0.1) is 0 Å². The van der Waals surface area contributed by atoms with E-state index in [2.05, 4.69) is 15.9 Å². The SMILES string of the molecule is O=C(Br)C1(c2ccccc2F)CC1. The largest absolute Gasteiger partial charge is 0.286 e.